The Labute approximate surface area is 154 Å². The number of halogens is 3. The minimum absolute atomic E-state index is 0. The molecule has 0 aliphatic rings. The van der Waals surface area contributed by atoms with Gasteiger partial charge in [-0.25, -0.2) is 8.78 Å². The second-order valence-electron chi connectivity index (χ2n) is 6.45. The normalized spacial score (nSPS) is 15.7. The molecule has 1 aromatic carbocycles. The van der Waals surface area contributed by atoms with E-state index in [0.717, 1.165) is 24.6 Å². The van der Waals surface area contributed by atoms with Gasteiger partial charge in [0.25, 0.3) is 0 Å². The van der Waals surface area contributed by atoms with Gasteiger partial charge in [0.2, 0.25) is 0 Å². The summed E-state index contributed by atoms with van der Waals surface area (Å²) in [5, 5.41) is 0. The van der Waals surface area contributed by atoms with Gasteiger partial charge in [-0.15, -0.1) is 12.4 Å². The molecule has 0 aliphatic heterocycles. The largest absolute Gasteiger partial charge is 0.483 e. The quantitative estimate of drug-likeness (QED) is 0.691. The summed E-state index contributed by atoms with van der Waals surface area (Å²) in [6.07, 6.45) is -0.534. The van der Waals surface area contributed by atoms with E-state index in [4.69, 9.17) is 15.2 Å². The smallest absolute Gasteiger partial charge is 0.323 e. The molecular weight excluding hydrogens is 352 g/mol. The summed E-state index contributed by atoms with van der Waals surface area (Å²) >= 11 is 0. The average Bonchev–Trinajstić information content (AvgIpc) is 2.53. The van der Waals surface area contributed by atoms with Crippen LogP contribution in [-0.4, -0.2) is 24.2 Å². The molecule has 0 heterocycles. The molecule has 1 rings (SSSR count). The van der Waals surface area contributed by atoms with E-state index in [2.05, 4.69) is 0 Å². The van der Waals surface area contributed by atoms with Crippen LogP contribution in [0.5, 0.6) is 5.75 Å². The van der Waals surface area contributed by atoms with Gasteiger partial charge in [0.15, 0.2) is 11.6 Å². The summed E-state index contributed by atoms with van der Waals surface area (Å²) in [5.41, 5.74) is 5.87. The molecule has 4 atom stereocenters. The van der Waals surface area contributed by atoms with Gasteiger partial charge in [-0.2, -0.15) is 0 Å². The van der Waals surface area contributed by atoms with Crippen LogP contribution in [0, 0.1) is 23.5 Å². The first-order valence-corrected chi connectivity index (χ1v) is 8.25. The molecule has 0 fully saturated rings. The maximum atomic E-state index is 13.8. The molecule has 0 aromatic heterocycles. The number of ether oxygens (including phenoxy) is 2. The standard InChI is InChI=1S/C18H27F2NO3.ClH/c1-6-11(4)16(21)18(22)23-12(5)17(10(2)3)24-15-9-13(19)7-8-14(15)20;/h7-12,16-17H,6,21H2,1-5H3;1H/t11-,12-,16-,17+;/m0./s1. The molecule has 1 aromatic rings. The van der Waals surface area contributed by atoms with Crippen LogP contribution in [0.25, 0.3) is 0 Å². The Kier molecular flexibility index (Phi) is 9.97. The number of carbonyl (C=O) groups is 1. The fraction of sp³-hybridized carbons (Fsp3) is 0.611. The van der Waals surface area contributed by atoms with Crippen molar-refractivity contribution in [3.8, 4) is 5.75 Å². The molecule has 0 unspecified atom stereocenters. The van der Waals surface area contributed by atoms with Crippen molar-refractivity contribution >= 4 is 18.4 Å². The molecule has 0 bridgehead atoms. The van der Waals surface area contributed by atoms with Crippen LogP contribution in [0.4, 0.5) is 8.78 Å². The van der Waals surface area contributed by atoms with Crippen molar-refractivity contribution in [1.82, 2.24) is 0 Å². The first-order valence-electron chi connectivity index (χ1n) is 8.25. The van der Waals surface area contributed by atoms with Crippen LogP contribution in [0.2, 0.25) is 0 Å². The van der Waals surface area contributed by atoms with Gasteiger partial charge in [0, 0.05) is 6.07 Å². The summed E-state index contributed by atoms with van der Waals surface area (Å²) in [6.45, 7) is 9.16. The second kappa shape index (κ2) is 10.6. The highest BCUT2D eigenvalue weighted by Gasteiger charge is 2.30. The lowest BCUT2D eigenvalue weighted by molar-refractivity contribution is -0.157. The monoisotopic (exact) mass is 379 g/mol. The predicted octanol–water partition coefficient (Wildman–Crippen LogP) is 4.10. The highest BCUT2D eigenvalue weighted by atomic mass is 35.5. The highest BCUT2D eigenvalue weighted by Crippen LogP contribution is 2.24. The van der Waals surface area contributed by atoms with Gasteiger partial charge in [-0.1, -0.05) is 34.1 Å². The van der Waals surface area contributed by atoms with E-state index in [9.17, 15) is 13.6 Å². The molecular formula is C18H28ClF2NO3. The van der Waals surface area contributed by atoms with Crippen molar-refractivity contribution in [2.75, 3.05) is 0 Å². The Morgan fingerprint density at radius 3 is 2.32 bits per heavy atom. The molecule has 0 radical (unpaired) electrons. The molecule has 4 nitrogen and oxygen atoms in total. The van der Waals surface area contributed by atoms with Gasteiger partial charge in [0.1, 0.15) is 24.1 Å². The molecule has 2 N–H and O–H groups in total. The topological polar surface area (TPSA) is 61.6 Å². The van der Waals surface area contributed by atoms with Crippen molar-refractivity contribution in [1.29, 1.82) is 0 Å². The molecule has 0 saturated heterocycles. The number of benzene rings is 1. The van der Waals surface area contributed by atoms with Crippen molar-refractivity contribution in [3.63, 3.8) is 0 Å². The zero-order valence-corrected chi connectivity index (χ0v) is 16.1. The fourth-order valence-corrected chi connectivity index (χ4v) is 2.30. The van der Waals surface area contributed by atoms with Crippen LogP contribution in [0.1, 0.15) is 41.0 Å². The summed E-state index contributed by atoms with van der Waals surface area (Å²) < 4.78 is 38.1. The summed E-state index contributed by atoms with van der Waals surface area (Å²) in [5.74, 6) is -2.10. The Morgan fingerprint density at radius 1 is 1.20 bits per heavy atom. The maximum Gasteiger partial charge on any atom is 0.323 e. The molecule has 0 aliphatic carbocycles. The average molecular weight is 380 g/mol. The lowest BCUT2D eigenvalue weighted by atomic mass is 9.99. The lowest BCUT2D eigenvalue weighted by Gasteiger charge is -2.29. The number of rotatable bonds is 8. The minimum atomic E-state index is -0.726. The lowest BCUT2D eigenvalue weighted by Crippen LogP contribution is -2.44. The first-order chi connectivity index (χ1) is 11.2. The minimum Gasteiger partial charge on any atom is -0.483 e. The van der Waals surface area contributed by atoms with Gasteiger partial charge >= 0.3 is 5.97 Å². The number of carbonyl (C=O) groups excluding carboxylic acids is 1. The third-order valence-corrected chi connectivity index (χ3v) is 4.11. The number of esters is 1. The van der Waals surface area contributed by atoms with E-state index in [1.54, 1.807) is 6.92 Å². The van der Waals surface area contributed by atoms with Gasteiger partial charge in [-0.05, 0) is 30.9 Å². The highest BCUT2D eigenvalue weighted by molar-refractivity contribution is 5.85. The SMILES string of the molecule is CC[C@H](C)[C@H](N)C(=O)O[C@@H](C)[C@H](Oc1cc(F)ccc1F)C(C)C.Cl. The molecule has 0 amide bonds. The van der Waals surface area contributed by atoms with Crippen molar-refractivity contribution < 1.29 is 23.0 Å². The number of hydrogen-bond donors (Lipinski definition) is 1. The zero-order valence-electron chi connectivity index (χ0n) is 15.3. The molecule has 0 spiro atoms. The van der Waals surface area contributed by atoms with E-state index in [-0.39, 0.29) is 30.0 Å². The van der Waals surface area contributed by atoms with E-state index >= 15 is 0 Å². The fourth-order valence-electron chi connectivity index (χ4n) is 2.30. The second-order valence-corrected chi connectivity index (χ2v) is 6.45. The molecule has 7 heteroatoms. The van der Waals surface area contributed by atoms with Crippen LogP contribution in [0.3, 0.4) is 0 Å². The predicted molar refractivity (Wildman–Crippen MR) is 95.8 cm³/mol. The van der Waals surface area contributed by atoms with Crippen molar-refractivity contribution in [2.24, 2.45) is 17.6 Å². The van der Waals surface area contributed by atoms with Crippen LogP contribution >= 0.6 is 12.4 Å². The Hall–Kier alpha value is -1.40. The molecule has 0 saturated carbocycles. The molecule has 25 heavy (non-hydrogen) atoms. The van der Waals surface area contributed by atoms with Gasteiger partial charge in [0.05, 0.1) is 0 Å². The van der Waals surface area contributed by atoms with Crippen LogP contribution < -0.4 is 10.5 Å². The van der Waals surface area contributed by atoms with E-state index < -0.39 is 35.9 Å². The van der Waals surface area contributed by atoms with E-state index in [1.807, 2.05) is 27.7 Å². The van der Waals surface area contributed by atoms with Crippen molar-refractivity contribution in [3.05, 3.63) is 29.8 Å². The summed E-state index contributed by atoms with van der Waals surface area (Å²) in [6, 6.07) is 2.26. The Morgan fingerprint density at radius 2 is 1.80 bits per heavy atom. The summed E-state index contributed by atoms with van der Waals surface area (Å²) in [7, 11) is 0. The maximum absolute atomic E-state index is 13.8. The van der Waals surface area contributed by atoms with Crippen molar-refractivity contribution in [2.45, 2.75) is 59.3 Å². The van der Waals surface area contributed by atoms with Crippen LogP contribution in [0.15, 0.2) is 18.2 Å². The summed E-state index contributed by atoms with van der Waals surface area (Å²) in [4.78, 5) is 12.1. The molecule has 144 valence electrons. The number of nitrogens with two attached hydrogens (primary N) is 1. The van der Waals surface area contributed by atoms with E-state index in [0.29, 0.717) is 0 Å². The van der Waals surface area contributed by atoms with Gasteiger partial charge < -0.3 is 15.2 Å². The Bertz CT molecular complexity index is 557. The van der Waals surface area contributed by atoms with Crippen LogP contribution in [-0.2, 0) is 9.53 Å². The van der Waals surface area contributed by atoms with E-state index in [1.165, 1.54) is 0 Å². The zero-order chi connectivity index (χ0) is 18.4. The third kappa shape index (κ3) is 6.78. The van der Waals surface area contributed by atoms with Gasteiger partial charge in [-0.3, -0.25) is 4.79 Å². The first kappa shape index (κ1) is 23.6. The number of hydrogen-bond acceptors (Lipinski definition) is 4. The Balaban J connectivity index is 0.00000576. The third-order valence-electron chi connectivity index (χ3n) is 4.11.